The van der Waals surface area contributed by atoms with E-state index in [9.17, 15) is 0 Å². The van der Waals surface area contributed by atoms with Gasteiger partial charge in [-0.2, -0.15) is 0 Å². The van der Waals surface area contributed by atoms with Crippen LogP contribution in [-0.4, -0.2) is 27.9 Å². The molecule has 1 aromatic rings. The van der Waals surface area contributed by atoms with Gasteiger partial charge in [-0.05, 0) is 26.3 Å². The topological polar surface area (TPSA) is 27.7 Å². The molecule has 5 heteroatoms. The van der Waals surface area contributed by atoms with E-state index in [2.05, 4.69) is 0 Å². The molecule has 0 radical (unpaired) electrons. The van der Waals surface area contributed by atoms with Gasteiger partial charge in [0.2, 0.25) is 0 Å². The maximum Gasteiger partial charge on any atom is 0.501 e. The molecule has 0 heterocycles. The van der Waals surface area contributed by atoms with Crippen LogP contribution in [0.5, 0.6) is 0 Å². The van der Waals surface area contributed by atoms with Crippen molar-refractivity contribution >= 4 is 20.4 Å². The third-order valence-corrected chi connectivity index (χ3v) is 6.78. The lowest BCUT2D eigenvalue weighted by molar-refractivity contribution is -0.0103. The number of alkyl halides is 1. The quantitative estimate of drug-likeness (QED) is 0.505. The Morgan fingerprint density at radius 2 is 1.60 bits per heavy atom. The highest BCUT2D eigenvalue weighted by atomic mass is 35.5. The highest BCUT2D eigenvalue weighted by Crippen LogP contribution is 2.32. The SMILES string of the molecule is CCO[Si](CC)(OCC)OC(C)(CCl)c1ccccc1. The van der Waals surface area contributed by atoms with E-state index in [4.69, 9.17) is 24.9 Å². The molecule has 0 aliphatic carbocycles. The fourth-order valence-corrected chi connectivity index (χ4v) is 4.92. The Kier molecular flexibility index (Phi) is 7.19. The summed E-state index contributed by atoms with van der Waals surface area (Å²) in [6.07, 6.45) is 0. The number of rotatable bonds is 9. The van der Waals surface area contributed by atoms with Gasteiger partial charge in [0.05, 0.1) is 11.5 Å². The molecule has 0 fully saturated rings. The van der Waals surface area contributed by atoms with Crippen molar-refractivity contribution in [3.63, 3.8) is 0 Å². The molecule has 0 saturated carbocycles. The average molecular weight is 317 g/mol. The molecule has 1 aromatic carbocycles. The van der Waals surface area contributed by atoms with Crippen molar-refractivity contribution in [2.75, 3.05) is 19.1 Å². The van der Waals surface area contributed by atoms with Crippen LogP contribution in [0.25, 0.3) is 0 Å². The van der Waals surface area contributed by atoms with Crippen LogP contribution >= 0.6 is 11.6 Å². The second-order valence-corrected chi connectivity index (χ2v) is 7.86. The van der Waals surface area contributed by atoms with Gasteiger partial charge in [0.15, 0.2) is 0 Å². The zero-order valence-corrected chi connectivity index (χ0v) is 14.6. The van der Waals surface area contributed by atoms with Crippen LogP contribution in [-0.2, 0) is 18.9 Å². The summed E-state index contributed by atoms with van der Waals surface area (Å²) < 4.78 is 18.1. The summed E-state index contributed by atoms with van der Waals surface area (Å²) in [5, 5.41) is 0. The Labute approximate surface area is 128 Å². The van der Waals surface area contributed by atoms with Crippen LogP contribution in [0.3, 0.4) is 0 Å². The van der Waals surface area contributed by atoms with E-state index in [1.807, 2.05) is 58.0 Å². The summed E-state index contributed by atoms with van der Waals surface area (Å²) in [5.74, 6) is 0.353. The molecule has 0 aliphatic rings. The molecule has 1 atom stereocenters. The lowest BCUT2D eigenvalue weighted by Crippen LogP contribution is -2.51. The standard InChI is InChI=1S/C15H25ClO3Si/c1-5-17-20(7-3,18-6-2)19-15(4,13-16)14-11-9-8-10-12-14/h8-12H,5-7,13H2,1-4H3. The lowest BCUT2D eigenvalue weighted by atomic mass is 9.99. The van der Waals surface area contributed by atoms with Crippen molar-refractivity contribution in [3.05, 3.63) is 35.9 Å². The first-order chi connectivity index (χ1) is 9.55. The summed E-state index contributed by atoms with van der Waals surface area (Å²) in [6, 6.07) is 10.7. The summed E-state index contributed by atoms with van der Waals surface area (Å²) in [7, 11) is -2.69. The van der Waals surface area contributed by atoms with Crippen LogP contribution in [0.4, 0.5) is 0 Å². The van der Waals surface area contributed by atoms with E-state index in [0.717, 1.165) is 11.6 Å². The highest BCUT2D eigenvalue weighted by Gasteiger charge is 2.45. The lowest BCUT2D eigenvalue weighted by Gasteiger charge is -2.38. The molecule has 20 heavy (non-hydrogen) atoms. The van der Waals surface area contributed by atoms with E-state index in [0.29, 0.717) is 19.1 Å². The van der Waals surface area contributed by atoms with E-state index < -0.39 is 14.4 Å². The molecule has 0 amide bonds. The minimum Gasteiger partial charge on any atom is -0.374 e. The highest BCUT2D eigenvalue weighted by molar-refractivity contribution is 6.60. The van der Waals surface area contributed by atoms with Crippen LogP contribution in [0.2, 0.25) is 6.04 Å². The molecule has 0 spiro atoms. The summed E-state index contributed by atoms with van der Waals surface area (Å²) >= 11 is 6.19. The number of halogens is 1. The maximum absolute atomic E-state index is 6.35. The first kappa shape index (κ1) is 17.7. The Morgan fingerprint density at radius 3 is 2.00 bits per heavy atom. The molecule has 0 N–H and O–H groups in total. The molecule has 1 rings (SSSR count). The van der Waals surface area contributed by atoms with E-state index in [-0.39, 0.29) is 0 Å². The van der Waals surface area contributed by atoms with Gasteiger partial charge in [-0.15, -0.1) is 11.6 Å². The van der Waals surface area contributed by atoms with Crippen molar-refractivity contribution in [1.82, 2.24) is 0 Å². The van der Waals surface area contributed by atoms with Gasteiger partial charge >= 0.3 is 8.80 Å². The maximum atomic E-state index is 6.35. The van der Waals surface area contributed by atoms with Crippen molar-refractivity contribution in [1.29, 1.82) is 0 Å². The van der Waals surface area contributed by atoms with Crippen molar-refractivity contribution in [3.8, 4) is 0 Å². The molecule has 3 nitrogen and oxygen atoms in total. The van der Waals surface area contributed by atoms with Gasteiger partial charge in [0.25, 0.3) is 0 Å². The van der Waals surface area contributed by atoms with Gasteiger partial charge in [0, 0.05) is 19.3 Å². The molecule has 0 aromatic heterocycles. The fraction of sp³-hybridized carbons (Fsp3) is 0.600. The van der Waals surface area contributed by atoms with Gasteiger partial charge in [-0.3, -0.25) is 0 Å². The van der Waals surface area contributed by atoms with Crippen molar-refractivity contribution in [2.24, 2.45) is 0 Å². The van der Waals surface area contributed by atoms with Gasteiger partial charge in [-0.1, -0.05) is 37.3 Å². The van der Waals surface area contributed by atoms with Crippen molar-refractivity contribution < 1.29 is 13.3 Å². The first-order valence-electron chi connectivity index (χ1n) is 7.15. The van der Waals surface area contributed by atoms with Gasteiger partial charge in [0.1, 0.15) is 0 Å². The molecule has 0 bridgehead atoms. The number of hydrogen-bond acceptors (Lipinski definition) is 3. The number of benzene rings is 1. The van der Waals surface area contributed by atoms with Gasteiger partial charge in [-0.25, -0.2) is 0 Å². The zero-order valence-electron chi connectivity index (χ0n) is 12.8. The largest absolute Gasteiger partial charge is 0.501 e. The summed E-state index contributed by atoms with van der Waals surface area (Å²) in [6.45, 7) is 9.10. The number of hydrogen-bond donors (Lipinski definition) is 0. The fourth-order valence-electron chi connectivity index (χ4n) is 2.11. The molecule has 114 valence electrons. The minimum atomic E-state index is -2.69. The summed E-state index contributed by atoms with van der Waals surface area (Å²) in [4.78, 5) is 0. The Balaban J connectivity index is 3.04. The van der Waals surface area contributed by atoms with Crippen LogP contribution in [0.15, 0.2) is 30.3 Å². The van der Waals surface area contributed by atoms with E-state index in [1.165, 1.54) is 0 Å². The monoisotopic (exact) mass is 316 g/mol. The molecule has 1 unspecified atom stereocenters. The molecule has 0 aliphatic heterocycles. The molecular weight excluding hydrogens is 292 g/mol. The Bertz CT molecular complexity index is 382. The minimum absolute atomic E-state index is 0.353. The van der Waals surface area contributed by atoms with Crippen LogP contribution in [0, 0.1) is 0 Å². The first-order valence-corrected chi connectivity index (χ1v) is 9.62. The smallest absolute Gasteiger partial charge is 0.374 e. The third-order valence-electron chi connectivity index (χ3n) is 3.18. The summed E-state index contributed by atoms with van der Waals surface area (Å²) in [5.41, 5.74) is 0.440. The van der Waals surface area contributed by atoms with Gasteiger partial charge < -0.3 is 13.3 Å². The van der Waals surface area contributed by atoms with Crippen LogP contribution < -0.4 is 0 Å². The molecular formula is C15H25ClO3Si. The van der Waals surface area contributed by atoms with Crippen LogP contribution in [0.1, 0.15) is 33.3 Å². The van der Waals surface area contributed by atoms with E-state index in [1.54, 1.807) is 0 Å². The molecule has 0 saturated heterocycles. The van der Waals surface area contributed by atoms with E-state index >= 15 is 0 Å². The third kappa shape index (κ3) is 4.30. The zero-order chi connectivity index (χ0) is 15.1. The Hall–Kier alpha value is -0.393. The Morgan fingerprint density at radius 1 is 1.05 bits per heavy atom. The second-order valence-electron chi connectivity index (χ2n) is 4.74. The average Bonchev–Trinajstić information content (AvgIpc) is 2.48. The predicted octanol–water partition coefficient (Wildman–Crippen LogP) is 4.19. The normalized spacial score (nSPS) is 15.1. The van der Waals surface area contributed by atoms with Crippen molar-refractivity contribution in [2.45, 2.75) is 39.3 Å². The second kappa shape index (κ2) is 8.15. The predicted molar refractivity (Wildman–Crippen MR) is 85.1 cm³/mol.